The van der Waals surface area contributed by atoms with Crippen molar-refractivity contribution < 1.29 is 13.2 Å². The van der Waals surface area contributed by atoms with Crippen LogP contribution in [0.3, 0.4) is 0 Å². The molecule has 0 aliphatic heterocycles. The summed E-state index contributed by atoms with van der Waals surface area (Å²) < 4.78 is 40.5. The van der Waals surface area contributed by atoms with E-state index < -0.39 is 11.7 Å². The Balaban J connectivity index is 1.50. The molecule has 0 unspecified atom stereocenters. The average molecular weight is 433 g/mol. The predicted molar refractivity (Wildman–Crippen MR) is 114 cm³/mol. The van der Waals surface area contributed by atoms with Gasteiger partial charge in [-0.3, -0.25) is 0 Å². The zero-order valence-corrected chi connectivity index (χ0v) is 17.6. The molecule has 0 aliphatic carbocycles. The van der Waals surface area contributed by atoms with Crippen LogP contribution in [0.2, 0.25) is 0 Å². The van der Waals surface area contributed by atoms with Crippen LogP contribution < -0.4 is 0 Å². The van der Waals surface area contributed by atoms with Gasteiger partial charge in [0, 0.05) is 44.7 Å². The minimum absolute atomic E-state index is 0.641. The number of alkyl halides is 3. The first-order valence-corrected chi connectivity index (χ1v) is 11.0. The van der Waals surface area contributed by atoms with E-state index in [0.29, 0.717) is 5.56 Å². The van der Waals surface area contributed by atoms with Crippen molar-refractivity contribution >= 4 is 34.0 Å². The van der Waals surface area contributed by atoms with Crippen LogP contribution in [-0.4, -0.2) is 9.55 Å². The number of aromatic nitrogens is 2. The lowest BCUT2D eigenvalue weighted by Crippen LogP contribution is -2.03. The van der Waals surface area contributed by atoms with Crippen molar-refractivity contribution in [3.8, 4) is 10.6 Å². The van der Waals surface area contributed by atoms with Gasteiger partial charge in [-0.15, -0.1) is 23.1 Å². The highest BCUT2D eigenvalue weighted by molar-refractivity contribution is 7.98. The first-order valence-electron chi connectivity index (χ1n) is 9.21. The Labute approximate surface area is 175 Å². The molecule has 0 radical (unpaired) electrons. The first kappa shape index (κ1) is 20.0. The Bertz CT molecular complexity index is 1140. The lowest BCUT2D eigenvalue weighted by atomic mass is 10.1. The Hall–Kier alpha value is -2.25. The molecule has 7 heteroatoms. The van der Waals surface area contributed by atoms with Gasteiger partial charge in [0.15, 0.2) is 0 Å². The summed E-state index contributed by atoms with van der Waals surface area (Å²) >= 11 is 3.29. The molecule has 0 amide bonds. The highest BCUT2D eigenvalue weighted by Crippen LogP contribution is 2.35. The maximum absolute atomic E-state index is 12.8. The molecule has 29 heavy (non-hydrogen) atoms. The van der Waals surface area contributed by atoms with E-state index in [4.69, 9.17) is 0 Å². The number of nitrogens with zero attached hydrogens (tertiary/aromatic N) is 2. The second-order valence-corrected chi connectivity index (χ2v) is 8.85. The Morgan fingerprint density at radius 1 is 1.07 bits per heavy atom. The molecule has 0 fully saturated rings. The van der Waals surface area contributed by atoms with Gasteiger partial charge in [-0.25, -0.2) is 4.98 Å². The third kappa shape index (κ3) is 4.21. The third-order valence-electron chi connectivity index (χ3n) is 4.80. The summed E-state index contributed by atoms with van der Waals surface area (Å²) in [7, 11) is 0. The molecule has 4 aromatic rings. The summed E-state index contributed by atoms with van der Waals surface area (Å²) in [5.41, 5.74) is 2.23. The van der Waals surface area contributed by atoms with E-state index >= 15 is 0 Å². The fourth-order valence-corrected chi connectivity index (χ4v) is 5.34. The van der Waals surface area contributed by atoms with Crippen molar-refractivity contribution in [2.45, 2.75) is 37.2 Å². The summed E-state index contributed by atoms with van der Waals surface area (Å²) in [6.07, 6.45) is -2.22. The molecule has 0 aliphatic rings. The SMILES string of the molecule is CCn1ccc2cc(SCc3sc(-c4ccc(C(F)(F)F)cc4)nc3C)ccc21. The number of aryl methyl sites for hydroxylation is 2. The number of halogens is 3. The van der Waals surface area contributed by atoms with Gasteiger partial charge in [0.1, 0.15) is 5.01 Å². The van der Waals surface area contributed by atoms with Crippen LogP contribution in [0.4, 0.5) is 13.2 Å². The molecular weight excluding hydrogens is 413 g/mol. The third-order valence-corrected chi connectivity index (χ3v) is 7.21. The van der Waals surface area contributed by atoms with Crippen molar-refractivity contribution in [2.24, 2.45) is 0 Å². The van der Waals surface area contributed by atoms with Gasteiger partial charge in [0.05, 0.1) is 11.3 Å². The predicted octanol–water partition coefficient (Wildman–Crippen LogP) is 7.40. The second-order valence-electron chi connectivity index (χ2n) is 6.71. The van der Waals surface area contributed by atoms with Gasteiger partial charge in [0.2, 0.25) is 0 Å². The van der Waals surface area contributed by atoms with Crippen LogP contribution in [0.15, 0.2) is 59.6 Å². The quantitative estimate of drug-likeness (QED) is 0.306. The Morgan fingerprint density at radius 3 is 2.52 bits per heavy atom. The van der Waals surface area contributed by atoms with E-state index in [1.807, 2.05) is 6.92 Å². The Morgan fingerprint density at radius 2 is 1.83 bits per heavy atom. The van der Waals surface area contributed by atoms with Gasteiger partial charge in [-0.1, -0.05) is 12.1 Å². The van der Waals surface area contributed by atoms with E-state index in [1.165, 1.54) is 39.3 Å². The number of hydrogen-bond donors (Lipinski definition) is 0. The smallest absolute Gasteiger partial charge is 0.348 e. The number of rotatable bonds is 5. The normalized spacial score (nSPS) is 12.0. The summed E-state index contributed by atoms with van der Waals surface area (Å²) in [5, 5.41) is 1.98. The zero-order chi connectivity index (χ0) is 20.6. The molecule has 2 heterocycles. The molecule has 0 bridgehead atoms. The monoisotopic (exact) mass is 432 g/mol. The van der Waals surface area contributed by atoms with Crippen LogP contribution in [0.5, 0.6) is 0 Å². The molecule has 0 saturated heterocycles. The van der Waals surface area contributed by atoms with E-state index in [0.717, 1.165) is 40.0 Å². The highest BCUT2D eigenvalue weighted by Gasteiger charge is 2.30. The molecule has 0 N–H and O–H groups in total. The van der Waals surface area contributed by atoms with Gasteiger partial charge < -0.3 is 4.57 Å². The minimum atomic E-state index is -4.32. The van der Waals surface area contributed by atoms with Crippen LogP contribution in [0, 0.1) is 6.92 Å². The maximum Gasteiger partial charge on any atom is 0.416 e. The van der Waals surface area contributed by atoms with Crippen molar-refractivity contribution in [1.29, 1.82) is 0 Å². The molecule has 0 atom stereocenters. The molecule has 0 spiro atoms. The average Bonchev–Trinajstić information content (AvgIpc) is 3.28. The van der Waals surface area contributed by atoms with Crippen molar-refractivity contribution in [1.82, 2.24) is 9.55 Å². The number of fused-ring (bicyclic) bond motifs is 1. The maximum atomic E-state index is 12.8. The summed E-state index contributed by atoms with van der Waals surface area (Å²) in [6, 6.07) is 13.8. The van der Waals surface area contributed by atoms with Crippen molar-refractivity contribution in [2.75, 3.05) is 0 Å². The van der Waals surface area contributed by atoms with Crippen LogP contribution >= 0.6 is 23.1 Å². The molecule has 2 aromatic heterocycles. The highest BCUT2D eigenvalue weighted by atomic mass is 32.2. The molecule has 150 valence electrons. The molecule has 4 rings (SSSR count). The molecule has 2 aromatic carbocycles. The summed E-state index contributed by atoms with van der Waals surface area (Å²) in [4.78, 5) is 6.90. The topological polar surface area (TPSA) is 17.8 Å². The fourth-order valence-electron chi connectivity index (χ4n) is 3.18. The van der Waals surface area contributed by atoms with E-state index in [2.05, 4.69) is 46.9 Å². The first-order chi connectivity index (χ1) is 13.8. The number of benzene rings is 2. The molecule has 2 nitrogen and oxygen atoms in total. The van der Waals surface area contributed by atoms with Gasteiger partial charge in [-0.05, 0) is 50.2 Å². The zero-order valence-electron chi connectivity index (χ0n) is 16.0. The van der Waals surface area contributed by atoms with Gasteiger partial charge in [-0.2, -0.15) is 13.2 Å². The number of hydrogen-bond acceptors (Lipinski definition) is 3. The lowest BCUT2D eigenvalue weighted by molar-refractivity contribution is -0.137. The van der Waals surface area contributed by atoms with Crippen molar-refractivity contribution in [3.05, 3.63) is 70.9 Å². The number of thioether (sulfide) groups is 1. The van der Waals surface area contributed by atoms with E-state index in [9.17, 15) is 13.2 Å². The van der Waals surface area contributed by atoms with E-state index in [1.54, 1.807) is 11.8 Å². The Kier molecular flexibility index (Phi) is 5.44. The van der Waals surface area contributed by atoms with Crippen LogP contribution in [-0.2, 0) is 18.5 Å². The summed E-state index contributed by atoms with van der Waals surface area (Å²) in [5.74, 6) is 0.782. The number of thiazole rings is 1. The molecular formula is C22H19F3N2S2. The van der Waals surface area contributed by atoms with E-state index in [-0.39, 0.29) is 0 Å². The lowest BCUT2D eigenvalue weighted by Gasteiger charge is -2.06. The van der Waals surface area contributed by atoms with Crippen molar-refractivity contribution in [3.63, 3.8) is 0 Å². The molecule has 0 saturated carbocycles. The van der Waals surface area contributed by atoms with Gasteiger partial charge >= 0.3 is 6.18 Å². The van der Waals surface area contributed by atoms with Crippen LogP contribution in [0.25, 0.3) is 21.5 Å². The van der Waals surface area contributed by atoms with Gasteiger partial charge in [0.25, 0.3) is 0 Å². The minimum Gasteiger partial charge on any atom is -0.348 e. The fraction of sp³-hybridized carbons (Fsp3) is 0.227. The standard InChI is InChI=1S/C22H19F3N2S2/c1-3-27-11-10-16-12-18(8-9-19(16)27)28-13-20-14(2)26-21(29-20)15-4-6-17(7-5-15)22(23,24)25/h4-12H,3,13H2,1-2H3. The largest absolute Gasteiger partial charge is 0.416 e. The van der Waals surface area contributed by atoms with Crippen LogP contribution in [0.1, 0.15) is 23.1 Å². The summed E-state index contributed by atoms with van der Waals surface area (Å²) in [6.45, 7) is 5.02. The second kappa shape index (κ2) is 7.88.